The minimum Gasteiger partial charge on any atom is -0.493 e. The smallest absolute Gasteiger partial charge is 0.161 e. The van der Waals surface area contributed by atoms with E-state index < -0.39 is 0 Å². The highest BCUT2D eigenvalue weighted by Crippen LogP contribution is 2.50. The molecule has 0 amide bonds. The maximum atomic E-state index is 6.27. The molecule has 4 rings (SSSR count). The molecular weight excluding hydrogens is 326 g/mol. The second-order valence-corrected chi connectivity index (χ2v) is 7.11. The van der Waals surface area contributed by atoms with Crippen molar-refractivity contribution in [2.75, 3.05) is 26.1 Å². The van der Waals surface area contributed by atoms with E-state index in [0.717, 1.165) is 37.4 Å². The first kappa shape index (κ1) is 17.2. The van der Waals surface area contributed by atoms with Gasteiger partial charge in [-0.05, 0) is 48.6 Å². The summed E-state index contributed by atoms with van der Waals surface area (Å²) in [5.41, 5.74) is 5.08. The van der Waals surface area contributed by atoms with Crippen molar-refractivity contribution in [2.24, 2.45) is 5.92 Å². The fraction of sp³-hybridized carbons (Fsp3) is 0.455. The van der Waals surface area contributed by atoms with E-state index in [1.807, 2.05) is 6.07 Å². The number of anilines is 1. The molecule has 26 heavy (non-hydrogen) atoms. The number of ether oxygens (including phenoxy) is 3. The van der Waals surface area contributed by atoms with Gasteiger partial charge in [-0.25, -0.2) is 0 Å². The van der Waals surface area contributed by atoms with Crippen molar-refractivity contribution in [3.8, 4) is 11.5 Å². The summed E-state index contributed by atoms with van der Waals surface area (Å²) in [5.74, 6) is 1.95. The van der Waals surface area contributed by atoms with Crippen molar-refractivity contribution >= 4 is 5.69 Å². The van der Waals surface area contributed by atoms with Crippen LogP contribution in [0.5, 0.6) is 11.5 Å². The third-order valence-electron chi connectivity index (χ3n) is 5.70. The average Bonchev–Trinajstić information content (AvgIpc) is 2.72. The summed E-state index contributed by atoms with van der Waals surface area (Å²) in [6.07, 6.45) is 3.47. The van der Waals surface area contributed by atoms with Gasteiger partial charge in [0.15, 0.2) is 11.5 Å². The van der Waals surface area contributed by atoms with E-state index in [0.29, 0.717) is 5.92 Å². The highest BCUT2D eigenvalue weighted by molar-refractivity contribution is 5.59. The van der Waals surface area contributed by atoms with Gasteiger partial charge in [0.2, 0.25) is 0 Å². The molecule has 2 aromatic rings. The van der Waals surface area contributed by atoms with Gasteiger partial charge < -0.3 is 19.5 Å². The van der Waals surface area contributed by atoms with Crippen LogP contribution in [0.25, 0.3) is 0 Å². The summed E-state index contributed by atoms with van der Waals surface area (Å²) in [6, 6.07) is 13.2. The third kappa shape index (κ3) is 2.92. The lowest BCUT2D eigenvalue weighted by Crippen LogP contribution is -2.36. The standard InChI is InChI=1S/C22H27NO3/c1-4-14-7-9-18-17(12-14)22-16(6-5-11-26-22)21(23-18)15-8-10-19(24-2)20(13-15)25-3/h7-10,12-13,16,21-23H,4-6,11H2,1-3H3/t16-,21-,22-/m0/s1. The second-order valence-electron chi connectivity index (χ2n) is 7.11. The molecule has 2 aliphatic rings. The fourth-order valence-corrected chi connectivity index (χ4v) is 4.32. The molecule has 2 heterocycles. The van der Waals surface area contributed by atoms with Crippen LogP contribution < -0.4 is 14.8 Å². The number of aryl methyl sites for hydroxylation is 1. The minimum absolute atomic E-state index is 0.157. The summed E-state index contributed by atoms with van der Waals surface area (Å²) in [4.78, 5) is 0. The summed E-state index contributed by atoms with van der Waals surface area (Å²) in [7, 11) is 3.35. The number of benzene rings is 2. The molecule has 0 saturated carbocycles. The first-order valence-corrected chi connectivity index (χ1v) is 9.48. The monoisotopic (exact) mass is 353 g/mol. The van der Waals surface area contributed by atoms with Gasteiger partial charge in [0.05, 0.1) is 26.4 Å². The Hall–Kier alpha value is -2.20. The number of nitrogens with one attached hydrogen (secondary N) is 1. The lowest BCUT2D eigenvalue weighted by atomic mass is 9.77. The molecule has 0 radical (unpaired) electrons. The largest absolute Gasteiger partial charge is 0.493 e. The van der Waals surface area contributed by atoms with E-state index >= 15 is 0 Å². The molecule has 2 aliphatic heterocycles. The van der Waals surface area contributed by atoms with Crippen LogP contribution in [0.3, 0.4) is 0 Å². The molecule has 0 aliphatic carbocycles. The van der Waals surface area contributed by atoms with E-state index in [1.165, 1.54) is 22.4 Å². The molecular formula is C22H27NO3. The molecule has 4 nitrogen and oxygen atoms in total. The average molecular weight is 353 g/mol. The maximum absolute atomic E-state index is 6.27. The highest BCUT2D eigenvalue weighted by Gasteiger charge is 2.40. The number of rotatable bonds is 4. The van der Waals surface area contributed by atoms with Crippen LogP contribution >= 0.6 is 0 Å². The van der Waals surface area contributed by atoms with Gasteiger partial charge in [0.1, 0.15) is 0 Å². The molecule has 138 valence electrons. The van der Waals surface area contributed by atoms with Crippen LogP contribution in [0.1, 0.15) is 48.6 Å². The Kier molecular flexibility index (Phi) is 4.77. The molecule has 2 aromatic carbocycles. The zero-order valence-electron chi connectivity index (χ0n) is 15.7. The zero-order chi connectivity index (χ0) is 18.1. The molecule has 3 atom stereocenters. The summed E-state index contributed by atoms with van der Waals surface area (Å²) in [6.45, 7) is 3.04. The lowest BCUT2D eigenvalue weighted by Gasteiger charge is -2.43. The van der Waals surface area contributed by atoms with Crippen LogP contribution in [0.4, 0.5) is 5.69 Å². The molecule has 1 fully saturated rings. The Morgan fingerprint density at radius 2 is 1.92 bits per heavy atom. The lowest BCUT2D eigenvalue weighted by molar-refractivity contribution is -0.0381. The van der Waals surface area contributed by atoms with E-state index in [-0.39, 0.29) is 12.1 Å². The van der Waals surface area contributed by atoms with Crippen molar-refractivity contribution in [2.45, 2.75) is 38.3 Å². The first-order valence-electron chi connectivity index (χ1n) is 9.48. The molecule has 1 N–H and O–H groups in total. The van der Waals surface area contributed by atoms with Gasteiger partial charge >= 0.3 is 0 Å². The SMILES string of the molecule is CCc1ccc2c(c1)[C@H]1OCCC[C@H]1[C@H](c1ccc(OC)c(OC)c1)N2. The van der Waals surface area contributed by atoms with Gasteiger partial charge in [-0.15, -0.1) is 0 Å². The topological polar surface area (TPSA) is 39.7 Å². The predicted octanol–water partition coefficient (Wildman–Crippen LogP) is 4.90. The van der Waals surface area contributed by atoms with Crippen molar-refractivity contribution in [3.63, 3.8) is 0 Å². The fourth-order valence-electron chi connectivity index (χ4n) is 4.32. The van der Waals surface area contributed by atoms with Crippen molar-refractivity contribution < 1.29 is 14.2 Å². The van der Waals surface area contributed by atoms with Gasteiger partial charge in [0.25, 0.3) is 0 Å². The minimum atomic E-state index is 0.157. The van der Waals surface area contributed by atoms with E-state index in [9.17, 15) is 0 Å². The van der Waals surface area contributed by atoms with Crippen molar-refractivity contribution in [3.05, 3.63) is 53.1 Å². The zero-order valence-corrected chi connectivity index (χ0v) is 15.7. The van der Waals surface area contributed by atoms with Crippen molar-refractivity contribution in [1.82, 2.24) is 0 Å². The quantitative estimate of drug-likeness (QED) is 0.848. The Bertz CT molecular complexity index is 789. The van der Waals surface area contributed by atoms with Crippen molar-refractivity contribution in [1.29, 1.82) is 0 Å². The highest BCUT2D eigenvalue weighted by atomic mass is 16.5. The number of hydrogen-bond donors (Lipinski definition) is 1. The third-order valence-corrected chi connectivity index (χ3v) is 5.70. The summed E-state index contributed by atoms with van der Waals surface area (Å²) >= 11 is 0. The normalized spacial score (nSPS) is 24.2. The number of hydrogen-bond acceptors (Lipinski definition) is 4. The van der Waals surface area contributed by atoms with Crippen LogP contribution in [0, 0.1) is 5.92 Å². The van der Waals surface area contributed by atoms with Gasteiger partial charge in [-0.2, -0.15) is 0 Å². The Balaban J connectivity index is 1.75. The number of methoxy groups -OCH3 is 2. The van der Waals surface area contributed by atoms with Gasteiger partial charge in [0, 0.05) is 23.8 Å². The molecule has 4 heteroatoms. The Morgan fingerprint density at radius 1 is 1.08 bits per heavy atom. The molecule has 1 saturated heterocycles. The van der Waals surface area contributed by atoms with Crippen LogP contribution in [0.2, 0.25) is 0 Å². The summed E-state index contributed by atoms with van der Waals surface area (Å²) in [5, 5.41) is 3.78. The Labute approximate surface area is 155 Å². The van der Waals surface area contributed by atoms with Gasteiger partial charge in [-0.1, -0.05) is 25.1 Å². The van der Waals surface area contributed by atoms with Crippen LogP contribution in [0.15, 0.2) is 36.4 Å². The maximum Gasteiger partial charge on any atom is 0.161 e. The summed E-state index contributed by atoms with van der Waals surface area (Å²) < 4.78 is 17.2. The molecule has 0 unspecified atom stereocenters. The van der Waals surface area contributed by atoms with Crippen LogP contribution in [-0.4, -0.2) is 20.8 Å². The van der Waals surface area contributed by atoms with E-state index in [1.54, 1.807) is 14.2 Å². The Morgan fingerprint density at radius 3 is 2.69 bits per heavy atom. The van der Waals surface area contributed by atoms with Gasteiger partial charge in [-0.3, -0.25) is 0 Å². The molecule has 0 bridgehead atoms. The first-order chi connectivity index (χ1) is 12.7. The van der Waals surface area contributed by atoms with Crippen LogP contribution in [-0.2, 0) is 11.2 Å². The molecule has 0 aromatic heterocycles. The predicted molar refractivity (Wildman–Crippen MR) is 103 cm³/mol. The van der Waals surface area contributed by atoms with E-state index in [2.05, 4.69) is 42.6 Å². The number of fused-ring (bicyclic) bond motifs is 3. The molecule has 0 spiro atoms. The second kappa shape index (κ2) is 7.20. The van der Waals surface area contributed by atoms with E-state index in [4.69, 9.17) is 14.2 Å².